The van der Waals surface area contributed by atoms with Crippen molar-refractivity contribution in [3.8, 4) is 17.6 Å². The van der Waals surface area contributed by atoms with E-state index in [4.69, 9.17) is 14.6 Å². The third kappa shape index (κ3) is 5.65. The van der Waals surface area contributed by atoms with Crippen molar-refractivity contribution >= 4 is 0 Å². The molecule has 0 saturated heterocycles. The number of aliphatic hydroxyl groups excluding tert-OH is 1. The molecule has 1 aromatic carbocycles. The quantitative estimate of drug-likeness (QED) is 0.502. The van der Waals surface area contributed by atoms with E-state index in [0.29, 0.717) is 18.8 Å². The summed E-state index contributed by atoms with van der Waals surface area (Å²) in [5.41, 5.74) is 1.85. The van der Waals surface area contributed by atoms with Gasteiger partial charge in [0, 0.05) is 18.2 Å². The number of rotatable bonds is 6. The van der Waals surface area contributed by atoms with Gasteiger partial charge in [0.05, 0.1) is 19.4 Å². The molecule has 2 rings (SSSR count). The molecular weight excluding hydrogens is 266 g/mol. The Kier molecular flexibility index (Phi) is 6.27. The first-order chi connectivity index (χ1) is 10.4. The summed E-state index contributed by atoms with van der Waals surface area (Å²) in [6.07, 6.45) is 3.72. The molecule has 1 N–H and O–H groups in total. The van der Waals surface area contributed by atoms with Crippen molar-refractivity contribution in [1.29, 1.82) is 0 Å². The Morgan fingerprint density at radius 2 is 2.00 bits per heavy atom. The van der Waals surface area contributed by atoms with Crippen LogP contribution in [0.4, 0.5) is 0 Å². The average molecular weight is 283 g/mol. The van der Waals surface area contributed by atoms with Crippen LogP contribution in [-0.4, -0.2) is 23.5 Å². The Bertz CT molecular complexity index is 602. The minimum Gasteiger partial charge on any atom is -0.466 e. The standard InChI is InChI=1S/C17H17NO3/c19-9-5-4-8-16-10-17(12-18-11-16)21-14-20-13-15-6-2-1-3-7-15/h1-3,6-7,10-12,19H,5,9,13-14H2. The van der Waals surface area contributed by atoms with Gasteiger partial charge < -0.3 is 14.6 Å². The van der Waals surface area contributed by atoms with Crippen molar-refractivity contribution in [3.05, 3.63) is 59.9 Å². The number of nitrogens with zero attached hydrogens (tertiary/aromatic N) is 1. The summed E-state index contributed by atoms with van der Waals surface area (Å²) in [6, 6.07) is 11.7. The molecule has 0 fully saturated rings. The first-order valence-corrected chi connectivity index (χ1v) is 6.68. The van der Waals surface area contributed by atoms with Gasteiger partial charge in [-0.2, -0.15) is 0 Å². The minimum absolute atomic E-state index is 0.0595. The molecule has 0 atom stereocenters. The van der Waals surface area contributed by atoms with Crippen molar-refractivity contribution < 1.29 is 14.6 Å². The van der Waals surface area contributed by atoms with E-state index in [-0.39, 0.29) is 13.4 Å². The number of ether oxygens (including phenoxy) is 2. The summed E-state index contributed by atoms with van der Waals surface area (Å²) < 4.78 is 10.9. The molecule has 21 heavy (non-hydrogen) atoms. The molecule has 0 radical (unpaired) electrons. The SMILES string of the molecule is OCCC#Cc1cncc(OCOCc2ccccc2)c1. The van der Waals surface area contributed by atoms with Crippen molar-refractivity contribution in [2.24, 2.45) is 0 Å². The Hall–Kier alpha value is -2.35. The number of aromatic nitrogens is 1. The van der Waals surface area contributed by atoms with Crippen LogP contribution in [-0.2, 0) is 11.3 Å². The number of pyridine rings is 1. The molecule has 4 heteroatoms. The lowest BCUT2D eigenvalue weighted by molar-refractivity contribution is 0.00484. The second-order valence-corrected chi connectivity index (χ2v) is 4.28. The second kappa shape index (κ2) is 8.75. The van der Waals surface area contributed by atoms with Gasteiger partial charge in [-0.1, -0.05) is 42.2 Å². The largest absolute Gasteiger partial charge is 0.466 e. The molecule has 0 aliphatic heterocycles. The molecule has 2 aromatic rings. The highest BCUT2D eigenvalue weighted by atomic mass is 16.7. The molecule has 1 aromatic heterocycles. The van der Waals surface area contributed by atoms with Gasteiger partial charge in [0.2, 0.25) is 0 Å². The Balaban J connectivity index is 1.78. The van der Waals surface area contributed by atoms with E-state index in [1.54, 1.807) is 18.5 Å². The highest BCUT2D eigenvalue weighted by molar-refractivity contribution is 5.36. The zero-order chi connectivity index (χ0) is 14.8. The van der Waals surface area contributed by atoms with E-state index in [0.717, 1.165) is 11.1 Å². The average Bonchev–Trinajstić information content (AvgIpc) is 2.53. The monoisotopic (exact) mass is 283 g/mol. The predicted molar refractivity (Wildman–Crippen MR) is 79.5 cm³/mol. The van der Waals surface area contributed by atoms with Crippen LogP contribution in [0.5, 0.6) is 5.75 Å². The van der Waals surface area contributed by atoms with E-state index < -0.39 is 0 Å². The van der Waals surface area contributed by atoms with Crippen LogP contribution in [0.25, 0.3) is 0 Å². The lowest BCUT2D eigenvalue weighted by Gasteiger charge is -2.07. The zero-order valence-electron chi connectivity index (χ0n) is 11.7. The lowest BCUT2D eigenvalue weighted by Crippen LogP contribution is -2.03. The first kappa shape index (κ1) is 15.0. The Morgan fingerprint density at radius 3 is 2.81 bits per heavy atom. The van der Waals surface area contributed by atoms with E-state index in [2.05, 4.69) is 16.8 Å². The van der Waals surface area contributed by atoms with Crippen LogP contribution in [0.1, 0.15) is 17.5 Å². The van der Waals surface area contributed by atoms with E-state index in [1.165, 1.54) is 0 Å². The van der Waals surface area contributed by atoms with E-state index in [9.17, 15) is 0 Å². The van der Waals surface area contributed by atoms with E-state index in [1.807, 2.05) is 30.3 Å². The summed E-state index contributed by atoms with van der Waals surface area (Å²) in [5, 5.41) is 8.68. The fourth-order valence-electron chi connectivity index (χ4n) is 1.63. The van der Waals surface area contributed by atoms with Crippen LogP contribution in [0.3, 0.4) is 0 Å². The van der Waals surface area contributed by atoms with Crippen molar-refractivity contribution in [3.63, 3.8) is 0 Å². The van der Waals surface area contributed by atoms with Crippen LogP contribution in [0.2, 0.25) is 0 Å². The molecule has 0 saturated carbocycles. The van der Waals surface area contributed by atoms with Gasteiger partial charge in [0.25, 0.3) is 0 Å². The molecule has 0 bridgehead atoms. The maximum atomic E-state index is 8.68. The molecule has 0 aliphatic carbocycles. The van der Waals surface area contributed by atoms with Gasteiger partial charge in [-0.15, -0.1) is 0 Å². The maximum absolute atomic E-state index is 8.68. The third-order valence-electron chi connectivity index (χ3n) is 2.60. The third-order valence-corrected chi connectivity index (χ3v) is 2.60. The molecule has 0 spiro atoms. The number of benzene rings is 1. The van der Waals surface area contributed by atoms with Gasteiger partial charge in [0.1, 0.15) is 5.75 Å². The summed E-state index contributed by atoms with van der Waals surface area (Å²) in [4.78, 5) is 4.05. The van der Waals surface area contributed by atoms with Crippen molar-refractivity contribution in [1.82, 2.24) is 4.98 Å². The first-order valence-electron chi connectivity index (χ1n) is 6.68. The number of aliphatic hydroxyl groups is 1. The summed E-state index contributed by atoms with van der Waals surface area (Å²) in [7, 11) is 0. The highest BCUT2D eigenvalue weighted by Gasteiger charge is 1.97. The van der Waals surface area contributed by atoms with Gasteiger partial charge in [0.15, 0.2) is 6.79 Å². The molecule has 4 nitrogen and oxygen atoms in total. The highest BCUT2D eigenvalue weighted by Crippen LogP contribution is 2.10. The molecule has 0 aliphatic rings. The smallest absolute Gasteiger partial charge is 0.189 e. The zero-order valence-corrected chi connectivity index (χ0v) is 11.7. The van der Waals surface area contributed by atoms with Crippen LogP contribution in [0, 0.1) is 11.8 Å². The lowest BCUT2D eigenvalue weighted by atomic mass is 10.2. The van der Waals surface area contributed by atoms with Crippen molar-refractivity contribution in [2.45, 2.75) is 13.0 Å². The predicted octanol–water partition coefficient (Wildman–Crippen LogP) is 2.37. The number of hydrogen-bond acceptors (Lipinski definition) is 4. The van der Waals surface area contributed by atoms with Crippen LogP contribution < -0.4 is 4.74 Å². The molecule has 0 unspecified atom stereocenters. The molecular formula is C17H17NO3. The second-order valence-electron chi connectivity index (χ2n) is 4.28. The Morgan fingerprint density at radius 1 is 1.14 bits per heavy atom. The topological polar surface area (TPSA) is 51.6 Å². The minimum atomic E-state index is 0.0595. The van der Waals surface area contributed by atoms with Crippen LogP contribution in [0.15, 0.2) is 48.8 Å². The van der Waals surface area contributed by atoms with Gasteiger partial charge in [-0.05, 0) is 11.6 Å². The van der Waals surface area contributed by atoms with Crippen LogP contribution >= 0.6 is 0 Å². The summed E-state index contributed by atoms with van der Waals surface area (Å²) >= 11 is 0. The fraction of sp³-hybridized carbons (Fsp3) is 0.235. The van der Waals surface area contributed by atoms with Gasteiger partial charge >= 0.3 is 0 Å². The Labute approximate surface area is 124 Å². The molecule has 0 amide bonds. The molecule has 108 valence electrons. The van der Waals surface area contributed by atoms with Crippen molar-refractivity contribution in [2.75, 3.05) is 13.4 Å². The number of hydrogen-bond donors (Lipinski definition) is 1. The fourth-order valence-corrected chi connectivity index (χ4v) is 1.63. The molecule has 1 heterocycles. The van der Waals surface area contributed by atoms with Gasteiger partial charge in [-0.25, -0.2) is 0 Å². The van der Waals surface area contributed by atoms with Gasteiger partial charge in [-0.3, -0.25) is 4.98 Å². The summed E-state index contributed by atoms with van der Waals surface area (Å²) in [6.45, 7) is 0.721. The normalized spacial score (nSPS) is 9.76. The summed E-state index contributed by atoms with van der Waals surface area (Å²) in [5.74, 6) is 6.36. The maximum Gasteiger partial charge on any atom is 0.189 e. The van der Waals surface area contributed by atoms with E-state index >= 15 is 0 Å².